The predicted molar refractivity (Wildman–Crippen MR) is 83.0 cm³/mol. The minimum absolute atomic E-state index is 0. The molecular weight excluding hydrogens is 314 g/mol. The molecule has 1 fully saturated rings. The van der Waals surface area contributed by atoms with Crippen LogP contribution < -0.4 is 15.8 Å². The Hall–Kier alpha value is -1.15. The van der Waals surface area contributed by atoms with Gasteiger partial charge in [-0.05, 0) is 43.5 Å². The highest BCUT2D eigenvalue weighted by Gasteiger charge is 2.26. The molecule has 8 heteroatoms. The topological polar surface area (TPSA) is 101 Å². The van der Waals surface area contributed by atoms with Crippen LogP contribution in [0.1, 0.15) is 29.6 Å². The first kappa shape index (κ1) is 17.9. The summed E-state index contributed by atoms with van der Waals surface area (Å²) >= 11 is 0. The normalized spacial score (nSPS) is 21.6. The number of sulfonamides is 1. The number of amides is 1. The molecule has 1 aromatic carbocycles. The summed E-state index contributed by atoms with van der Waals surface area (Å²) in [5.41, 5.74) is 6.20. The number of carbonyl (C=O) groups is 1. The van der Waals surface area contributed by atoms with Gasteiger partial charge in [0.2, 0.25) is 10.0 Å². The number of nitrogens with one attached hydrogen (secondary N) is 2. The summed E-state index contributed by atoms with van der Waals surface area (Å²) in [4.78, 5) is 11.6. The lowest BCUT2D eigenvalue weighted by molar-refractivity contribution is 0.0963. The molecule has 1 aliphatic rings. The first-order chi connectivity index (χ1) is 9.42. The van der Waals surface area contributed by atoms with Crippen molar-refractivity contribution in [3.8, 4) is 0 Å². The number of hydrogen-bond acceptors (Lipinski definition) is 4. The van der Waals surface area contributed by atoms with Crippen molar-refractivity contribution in [2.75, 3.05) is 7.05 Å². The summed E-state index contributed by atoms with van der Waals surface area (Å²) in [7, 11) is -2.03. The highest BCUT2D eigenvalue weighted by molar-refractivity contribution is 7.89. The van der Waals surface area contributed by atoms with E-state index in [4.69, 9.17) is 5.73 Å². The Balaban J connectivity index is 0.00000220. The van der Waals surface area contributed by atoms with Crippen LogP contribution in [0.2, 0.25) is 0 Å². The van der Waals surface area contributed by atoms with E-state index in [0.717, 1.165) is 12.8 Å². The molecule has 6 nitrogen and oxygen atoms in total. The van der Waals surface area contributed by atoms with Gasteiger partial charge in [-0.15, -0.1) is 12.4 Å². The number of rotatable bonds is 4. The lowest BCUT2D eigenvalue weighted by Crippen LogP contribution is -2.34. The highest BCUT2D eigenvalue weighted by atomic mass is 35.5. The van der Waals surface area contributed by atoms with Gasteiger partial charge in [0.15, 0.2) is 0 Å². The average Bonchev–Trinajstić information content (AvgIpc) is 2.82. The number of halogens is 1. The Morgan fingerprint density at radius 1 is 1.24 bits per heavy atom. The van der Waals surface area contributed by atoms with Crippen molar-refractivity contribution in [2.24, 2.45) is 5.73 Å². The molecule has 0 bridgehead atoms. The maximum atomic E-state index is 12.2. The molecule has 0 radical (unpaired) electrons. The van der Waals surface area contributed by atoms with Gasteiger partial charge in [-0.1, -0.05) is 0 Å². The van der Waals surface area contributed by atoms with E-state index in [1.807, 2.05) is 0 Å². The van der Waals surface area contributed by atoms with Gasteiger partial charge in [0, 0.05) is 24.7 Å². The maximum absolute atomic E-state index is 12.2. The minimum atomic E-state index is -3.55. The molecule has 0 aromatic heterocycles. The quantitative estimate of drug-likeness (QED) is 0.752. The first-order valence-electron chi connectivity index (χ1n) is 6.52. The second-order valence-electron chi connectivity index (χ2n) is 4.99. The standard InChI is InChI=1S/C13H19N3O3S.ClH/c1-15-13(17)9-2-6-12(7-3-9)20(18,19)16-11-5-4-10(14)8-11;/h2-3,6-7,10-11,16H,4-5,8,14H2,1H3,(H,15,17);1H/t10-,11-;/m1./s1. The zero-order chi connectivity index (χ0) is 14.8. The van der Waals surface area contributed by atoms with Gasteiger partial charge in [-0.3, -0.25) is 4.79 Å². The molecule has 0 aliphatic heterocycles. The molecule has 0 unspecified atom stereocenters. The van der Waals surface area contributed by atoms with E-state index in [2.05, 4.69) is 10.0 Å². The first-order valence-corrected chi connectivity index (χ1v) is 8.01. The number of hydrogen-bond donors (Lipinski definition) is 3. The van der Waals surface area contributed by atoms with E-state index >= 15 is 0 Å². The van der Waals surface area contributed by atoms with Crippen LogP contribution in [0.5, 0.6) is 0 Å². The van der Waals surface area contributed by atoms with E-state index in [1.54, 1.807) is 0 Å². The summed E-state index contributed by atoms with van der Waals surface area (Å²) in [6.07, 6.45) is 2.26. The van der Waals surface area contributed by atoms with E-state index in [-0.39, 0.29) is 35.3 Å². The van der Waals surface area contributed by atoms with Crippen molar-refractivity contribution in [1.29, 1.82) is 0 Å². The fourth-order valence-electron chi connectivity index (χ4n) is 2.34. The Morgan fingerprint density at radius 2 is 1.86 bits per heavy atom. The van der Waals surface area contributed by atoms with E-state index in [1.165, 1.54) is 31.3 Å². The molecule has 0 saturated heterocycles. The highest BCUT2D eigenvalue weighted by Crippen LogP contribution is 2.20. The molecule has 1 amide bonds. The van der Waals surface area contributed by atoms with Crippen molar-refractivity contribution in [3.63, 3.8) is 0 Å². The van der Waals surface area contributed by atoms with Crippen LogP contribution in [0.3, 0.4) is 0 Å². The fourth-order valence-corrected chi connectivity index (χ4v) is 3.62. The Labute approximate surface area is 130 Å². The summed E-state index contributed by atoms with van der Waals surface area (Å²) in [6, 6.07) is 5.82. The molecule has 4 N–H and O–H groups in total. The molecule has 2 rings (SSSR count). The third-order valence-corrected chi connectivity index (χ3v) is 4.99. The third kappa shape index (κ3) is 4.41. The number of carbonyl (C=O) groups excluding carboxylic acids is 1. The van der Waals surface area contributed by atoms with Gasteiger partial charge >= 0.3 is 0 Å². The number of nitrogens with two attached hydrogens (primary N) is 1. The van der Waals surface area contributed by atoms with Crippen molar-refractivity contribution in [2.45, 2.75) is 36.2 Å². The lowest BCUT2D eigenvalue weighted by atomic mass is 10.2. The molecule has 1 aromatic rings. The van der Waals surface area contributed by atoms with Crippen LogP contribution in [-0.2, 0) is 10.0 Å². The van der Waals surface area contributed by atoms with Crippen molar-refractivity contribution >= 4 is 28.3 Å². The summed E-state index contributed by atoms with van der Waals surface area (Å²) in [5.74, 6) is -0.247. The van der Waals surface area contributed by atoms with Crippen molar-refractivity contribution in [1.82, 2.24) is 10.0 Å². The fraction of sp³-hybridized carbons (Fsp3) is 0.462. The summed E-state index contributed by atoms with van der Waals surface area (Å²) < 4.78 is 27.0. The van der Waals surface area contributed by atoms with Crippen LogP contribution in [0.4, 0.5) is 0 Å². The second kappa shape index (κ2) is 7.22. The smallest absolute Gasteiger partial charge is 0.251 e. The molecule has 2 atom stereocenters. The average molecular weight is 334 g/mol. The number of benzene rings is 1. The maximum Gasteiger partial charge on any atom is 0.251 e. The van der Waals surface area contributed by atoms with Gasteiger partial charge in [-0.2, -0.15) is 0 Å². The van der Waals surface area contributed by atoms with Gasteiger partial charge in [0.05, 0.1) is 4.90 Å². The predicted octanol–water partition coefficient (Wildman–Crippen LogP) is 0.626. The van der Waals surface area contributed by atoms with Crippen LogP contribution in [0, 0.1) is 0 Å². The summed E-state index contributed by atoms with van der Waals surface area (Å²) in [5, 5.41) is 2.49. The van der Waals surface area contributed by atoms with E-state index in [9.17, 15) is 13.2 Å². The zero-order valence-electron chi connectivity index (χ0n) is 11.7. The van der Waals surface area contributed by atoms with Crippen LogP contribution in [0.25, 0.3) is 0 Å². The molecule has 0 heterocycles. The Kier molecular flexibility index (Phi) is 6.15. The van der Waals surface area contributed by atoms with Gasteiger partial charge in [0.1, 0.15) is 0 Å². The molecule has 21 heavy (non-hydrogen) atoms. The molecule has 0 spiro atoms. The van der Waals surface area contributed by atoms with Crippen LogP contribution >= 0.6 is 12.4 Å². The van der Waals surface area contributed by atoms with E-state index < -0.39 is 10.0 Å². The van der Waals surface area contributed by atoms with Crippen LogP contribution in [0.15, 0.2) is 29.2 Å². The molecule has 118 valence electrons. The van der Waals surface area contributed by atoms with Crippen molar-refractivity contribution < 1.29 is 13.2 Å². The Bertz CT molecular complexity index is 589. The largest absolute Gasteiger partial charge is 0.355 e. The van der Waals surface area contributed by atoms with E-state index in [0.29, 0.717) is 12.0 Å². The van der Waals surface area contributed by atoms with Gasteiger partial charge < -0.3 is 11.1 Å². The van der Waals surface area contributed by atoms with Crippen LogP contribution in [-0.4, -0.2) is 33.5 Å². The second-order valence-corrected chi connectivity index (χ2v) is 6.71. The Morgan fingerprint density at radius 3 is 2.33 bits per heavy atom. The third-order valence-electron chi connectivity index (χ3n) is 3.45. The van der Waals surface area contributed by atoms with Gasteiger partial charge in [-0.25, -0.2) is 13.1 Å². The van der Waals surface area contributed by atoms with Crippen molar-refractivity contribution in [3.05, 3.63) is 29.8 Å². The molecule has 1 aliphatic carbocycles. The lowest BCUT2D eigenvalue weighted by Gasteiger charge is -2.13. The summed E-state index contributed by atoms with van der Waals surface area (Å²) in [6.45, 7) is 0. The molecule has 1 saturated carbocycles. The van der Waals surface area contributed by atoms with Gasteiger partial charge in [0.25, 0.3) is 5.91 Å². The minimum Gasteiger partial charge on any atom is -0.355 e. The zero-order valence-corrected chi connectivity index (χ0v) is 13.3. The molecular formula is C13H20ClN3O3S. The SMILES string of the molecule is CNC(=O)c1ccc(S(=O)(=O)N[C@@H]2CC[C@@H](N)C2)cc1.Cl. The monoisotopic (exact) mass is 333 g/mol.